The molecular weight excluding hydrogens is 347 g/mol. The van der Waals surface area contributed by atoms with E-state index in [-0.39, 0.29) is 17.8 Å². The number of nitriles is 1. The number of hydrogen-bond donors (Lipinski definition) is 0. The smallest absolute Gasteiger partial charge is 0.126 e. The molecule has 0 amide bonds. The van der Waals surface area contributed by atoms with Crippen LogP contribution in [0.1, 0.15) is 37.3 Å². The molecule has 5 heteroatoms. The molecule has 1 saturated heterocycles. The standard InChI is InChI=1S/C19H19FN2OS.C2H6/c1-24-22-12-15(18-7-2-3-8-19(18)20)10-16(22)13-23-17-6-4-5-14(9-17)11-21;1-2/h2-9,15-16H,10,12-13H2,1H3;1-2H3. The summed E-state index contributed by atoms with van der Waals surface area (Å²) >= 11 is 1.67. The number of rotatable bonds is 5. The molecule has 1 fully saturated rings. The molecule has 0 aromatic heterocycles. The summed E-state index contributed by atoms with van der Waals surface area (Å²) in [6.07, 6.45) is 2.90. The Kier molecular flexibility index (Phi) is 7.96. The molecule has 0 aliphatic carbocycles. The maximum atomic E-state index is 14.0. The second kappa shape index (κ2) is 10.2. The Morgan fingerprint density at radius 1 is 1.23 bits per heavy atom. The van der Waals surface area contributed by atoms with Crippen LogP contribution in [0.15, 0.2) is 48.5 Å². The molecule has 0 saturated carbocycles. The molecule has 3 rings (SSSR count). The van der Waals surface area contributed by atoms with Crippen molar-refractivity contribution in [2.45, 2.75) is 32.2 Å². The molecule has 1 heterocycles. The van der Waals surface area contributed by atoms with Gasteiger partial charge in [0, 0.05) is 12.5 Å². The summed E-state index contributed by atoms with van der Waals surface area (Å²) < 4.78 is 22.2. The van der Waals surface area contributed by atoms with E-state index < -0.39 is 0 Å². The first-order valence-corrected chi connectivity index (χ1v) is 10.1. The van der Waals surface area contributed by atoms with Gasteiger partial charge in [-0.2, -0.15) is 5.26 Å². The molecule has 0 radical (unpaired) electrons. The van der Waals surface area contributed by atoms with E-state index in [0.717, 1.165) is 18.5 Å². The highest BCUT2D eigenvalue weighted by atomic mass is 32.2. The second-order valence-electron chi connectivity index (χ2n) is 5.84. The van der Waals surface area contributed by atoms with Crippen LogP contribution in [0.2, 0.25) is 0 Å². The van der Waals surface area contributed by atoms with Gasteiger partial charge in [0.15, 0.2) is 0 Å². The van der Waals surface area contributed by atoms with E-state index in [1.807, 2.05) is 44.4 Å². The Labute approximate surface area is 159 Å². The third kappa shape index (κ3) is 5.00. The number of benzene rings is 2. The molecule has 138 valence electrons. The second-order valence-corrected chi connectivity index (χ2v) is 6.67. The molecule has 0 N–H and O–H groups in total. The normalized spacial score (nSPS) is 19.3. The van der Waals surface area contributed by atoms with Crippen LogP contribution in [0, 0.1) is 17.1 Å². The summed E-state index contributed by atoms with van der Waals surface area (Å²) in [4.78, 5) is 0. The molecule has 26 heavy (non-hydrogen) atoms. The fourth-order valence-corrected chi connectivity index (χ4v) is 3.92. The van der Waals surface area contributed by atoms with Crippen LogP contribution in [0.25, 0.3) is 0 Å². The minimum absolute atomic E-state index is 0.133. The zero-order valence-electron chi connectivity index (χ0n) is 15.5. The first kappa shape index (κ1) is 20.3. The quantitative estimate of drug-likeness (QED) is 0.673. The van der Waals surface area contributed by atoms with Crippen LogP contribution in [-0.4, -0.2) is 29.8 Å². The van der Waals surface area contributed by atoms with Gasteiger partial charge in [-0.3, -0.25) is 0 Å². The van der Waals surface area contributed by atoms with Crippen LogP contribution in [0.3, 0.4) is 0 Å². The SMILES string of the molecule is CC.CSN1CC(c2ccccc2F)CC1COc1cccc(C#N)c1. The lowest BCUT2D eigenvalue weighted by atomic mass is 9.96. The van der Waals surface area contributed by atoms with Crippen LogP contribution in [0.5, 0.6) is 5.75 Å². The summed E-state index contributed by atoms with van der Waals surface area (Å²) in [6.45, 7) is 5.34. The van der Waals surface area contributed by atoms with Gasteiger partial charge >= 0.3 is 0 Å². The fourth-order valence-electron chi connectivity index (χ4n) is 3.14. The van der Waals surface area contributed by atoms with Gasteiger partial charge in [0.05, 0.1) is 17.7 Å². The highest BCUT2D eigenvalue weighted by Crippen LogP contribution is 2.36. The van der Waals surface area contributed by atoms with Gasteiger partial charge in [0.1, 0.15) is 18.2 Å². The van der Waals surface area contributed by atoms with E-state index in [4.69, 9.17) is 10.00 Å². The van der Waals surface area contributed by atoms with E-state index in [2.05, 4.69) is 10.4 Å². The minimum Gasteiger partial charge on any atom is -0.492 e. The Morgan fingerprint density at radius 3 is 2.69 bits per heavy atom. The Hall–Kier alpha value is -2.03. The first-order valence-electron chi connectivity index (χ1n) is 8.89. The van der Waals surface area contributed by atoms with Gasteiger partial charge in [0.2, 0.25) is 0 Å². The van der Waals surface area contributed by atoms with Crippen LogP contribution >= 0.6 is 11.9 Å². The van der Waals surface area contributed by atoms with Gasteiger partial charge in [-0.25, -0.2) is 8.70 Å². The maximum Gasteiger partial charge on any atom is 0.126 e. The van der Waals surface area contributed by atoms with Gasteiger partial charge in [-0.05, 0) is 42.5 Å². The van der Waals surface area contributed by atoms with Crippen molar-refractivity contribution in [1.29, 1.82) is 5.26 Å². The molecule has 2 unspecified atom stereocenters. The van der Waals surface area contributed by atoms with E-state index >= 15 is 0 Å². The lowest BCUT2D eigenvalue weighted by Crippen LogP contribution is -2.28. The number of nitrogens with zero attached hydrogens (tertiary/aromatic N) is 2. The highest BCUT2D eigenvalue weighted by molar-refractivity contribution is 7.96. The molecule has 2 aromatic carbocycles. The fraction of sp³-hybridized carbons (Fsp3) is 0.381. The van der Waals surface area contributed by atoms with Gasteiger partial charge in [0.25, 0.3) is 0 Å². The third-order valence-electron chi connectivity index (χ3n) is 4.35. The summed E-state index contributed by atoms with van der Waals surface area (Å²) in [5.41, 5.74) is 1.37. The predicted molar refractivity (Wildman–Crippen MR) is 106 cm³/mol. The van der Waals surface area contributed by atoms with Gasteiger partial charge in [-0.1, -0.05) is 50.1 Å². The molecule has 1 aliphatic rings. The molecule has 0 spiro atoms. The van der Waals surface area contributed by atoms with E-state index in [9.17, 15) is 4.39 Å². The summed E-state index contributed by atoms with van der Waals surface area (Å²) in [6, 6.07) is 16.5. The minimum atomic E-state index is -0.133. The van der Waals surface area contributed by atoms with E-state index in [1.165, 1.54) is 6.07 Å². The predicted octanol–water partition coefficient (Wildman–Crippen LogP) is 5.24. The average Bonchev–Trinajstić information content (AvgIpc) is 3.11. The van der Waals surface area contributed by atoms with Crippen molar-refractivity contribution in [3.05, 3.63) is 65.5 Å². The Balaban J connectivity index is 0.00000117. The van der Waals surface area contributed by atoms with Crippen molar-refractivity contribution in [2.24, 2.45) is 0 Å². The molecular formula is C21H25FN2OS. The first-order chi connectivity index (χ1) is 12.7. The van der Waals surface area contributed by atoms with Gasteiger partial charge in [-0.15, -0.1) is 0 Å². The Bertz CT molecular complexity index is 747. The van der Waals surface area contributed by atoms with Crippen molar-refractivity contribution in [1.82, 2.24) is 4.31 Å². The van der Waals surface area contributed by atoms with Crippen molar-refractivity contribution < 1.29 is 9.13 Å². The monoisotopic (exact) mass is 372 g/mol. The van der Waals surface area contributed by atoms with Crippen molar-refractivity contribution in [3.63, 3.8) is 0 Å². The van der Waals surface area contributed by atoms with Crippen LogP contribution < -0.4 is 4.74 Å². The van der Waals surface area contributed by atoms with Crippen LogP contribution in [0.4, 0.5) is 4.39 Å². The zero-order chi connectivity index (χ0) is 18.9. The number of hydrogen-bond acceptors (Lipinski definition) is 4. The molecule has 1 aliphatic heterocycles. The highest BCUT2D eigenvalue weighted by Gasteiger charge is 2.34. The van der Waals surface area contributed by atoms with Crippen molar-refractivity contribution >= 4 is 11.9 Å². The Morgan fingerprint density at radius 2 is 2.00 bits per heavy atom. The van der Waals surface area contributed by atoms with Crippen molar-refractivity contribution in [2.75, 3.05) is 19.4 Å². The third-order valence-corrected chi connectivity index (χ3v) is 5.27. The molecule has 0 bridgehead atoms. The van der Waals surface area contributed by atoms with E-state index in [0.29, 0.717) is 17.9 Å². The lowest BCUT2D eigenvalue weighted by Gasteiger charge is -2.21. The molecule has 2 aromatic rings. The van der Waals surface area contributed by atoms with Crippen molar-refractivity contribution in [3.8, 4) is 11.8 Å². The van der Waals surface area contributed by atoms with Gasteiger partial charge < -0.3 is 4.74 Å². The molecule has 3 nitrogen and oxygen atoms in total. The maximum absolute atomic E-state index is 14.0. The number of halogens is 1. The summed E-state index contributed by atoms with van der Waals surface area (Å²) in [7, 11) is 0. The zero-order valence-corrected chi connectivity index (χ0v) is 16.3. The van der Waals surface area contributed by atoms with E-state index in [1.54, 1.807) is 30.1 Å². The summed E-state index contributed by atoms with van der Waals surface area (Å²) in [5.74, 6) is 0.744. The topological polar surface area (TPSA) is 36.3 Å². The van der Waals surface area contributed by atoms with Crippen LogP contribution in [-0.2, 0) is 0 Å². The lowest BCUT2D eigenvalue weighted by molar-refractivity contribution is 0.241. The number of ether oxygens (including phenoxy) is 1. The molecule has 2 atom stereocenters. The largest absolute Gasteiger partial charge is 0.492 e. The average molecular weight is 373 g/mol. The summed E-state index contributed by atoms with van der Waals surface area (Å²) in [5, 5.41) is 8.96.